The number of benzene rings is 1. The molecule has 0 aliphatic rings. The average molecular weight is 269 g/mol. The quantitative estimate of drug-likeness (QED) is 0.499. The molecule has 1 atom stereocenters. The van der Waals surface area contributed by atoms with Crippen molar-refractivity contribution in [2.24, 2.45) is 5.73 Å². The van der Waals surface area contributed by atoms with Crippen molar-refractivity contribution in [2.45, 2.75) is 6.04 Å². The minimum atomic E-state index is -1.00. The van der Waals surface area contributed by atoms with Crippen molar-refractivity contribution < 1.29 is 14.4 Å². The fraction of sp³-hybridized carbons (Fsp3) is 0.250. The third-order valence-electron chi connectivity index (χ3n) is 1.94. The van der Waals surface area contributed by atoms with Gasteiger partial charge in [0.05, 0.1) is 17.6 Å². The smallest absolute Gasteiger partial charge is 0.309 e. The first-order chi connectivity index (χ1) is 7.40. The molecule has 1 aromatic rings. The van der Waals surface area contributed by atoms with Crippen LogP contribution in [0.15, 0.2) is 6.07 Å². The van der Waals surface area contributed by atoms with Crippen LogP contribution < -0.4 is 5.73 Å². The SMILES string of the molecule is N[C@H](CO)c1cc(F)c(Cl)c([N+](=O)[O-])c1Cl. The van der Waals surface area contributed by atoms with E-state index in [0.717, 1.165) is 6.07 Å². The second-order valence-corrected chi connectivity index (χ2v) is 3.73. The van der Waals surface area contributed by atoms with Crippen molar-refractivity contribution in [1.82, 2.24) is 0 Å². The van der Waals surface area contributed by atoms with Crippen LogP contribution in [-0.4, -0.2) is 16.6 Å². The predicted octanol–water partition coefficient (Wildman–Crippen LogP) is 2.03. The van der Waals surface area contributed by atoms with Gasteiger partial charge in [-0.25, -0.2) is 4.39 Å². The normalized spacial score (nSPS) is 12.6. The average Bonchev–Trinajstić information content (AvgIpc) is 2.22. The van der Waals surface area contributed by atoms with Crippen LogP contribution in [0.3, 0.4) is 0 Å². The van der Waals surface area contributed by atoms with Crippen molar-refractivity contribution >= 4 is 28.9 Å². The Kier molecular flexibility index (Phi) is 4.03. The summed E-state index contributed by atoms with van der Waals surface area (Å²) in [7, 11) is 0. The fourth-order valence-corrected chi connectivity index (χ4v) is 1.76. The van der Waals surface area contributed by atoms with Gasteiger partial charge in [0.1, 0.15) is 10.8 Å². The minimum absolute atomic E-state index is 0.0576. The molecule has 1 rings (SSSR count). The van der Waals surface area contributed by atoms with E-state index in [0.29, 0.717) is 0 Å². The zero-order chi connectivity index (χ0) is 12.5. The number of hydrogen-bond donors (Lipinski definition) is 2. The number of nitrogens with two attached hydrogens (primary N) is 1. The van der Waals surface area contributed by atoms with E-state index in [4.69, 9.17) is 34.0 Å². The molecule has 0 fully saturated rings. The van der Waals surface area contributed by atoms with E-state index in [1.54, 1.807) is 0 Å². The van der Waals surface area contributed by atoms with Gasteiger partial charge in [-0.1, -0.05) is 23.2 Å². The van der Waals surface area contributed by atoms with Crippen molar-refractivity contribution in [3.63, 3.8) is 0 Å². The van der Waals surface area contributed by atoms with Crippen LogP contribution >= 0.6 is 23.2 Å². The summed E-state index contributed by atoms with van der Waals surface area (Å²) in [5.41, 5.74) is 4.61. The zero-order valence-corrected chi connectivity index (χ0v) is 9.30. The van der Waals surface area contributed by atoms with Gasteiger partial charge in [-0.05, 0) is 11.6 Å². The molecule has 0 saturated heterocycles. The summed E-state index contributed by atoms with van der Waals surface area (Å²) in [6, 6.07) is -0.128. The largest absolute Gasteiger partial charge is 0.394 e. The summed E-state index contributed by atoms with van der Waals surface area (Å²) >= 11 is 11.1. The van der Waals surface area contributed by atoms with Gasteiger partial charge in [0.2, 0.25) is 0 Å². The maximum Gasteiger partial charge on any atom is 0.309 e. The molecule has 0 saturated carbocycles. The molecule has 0 unspecified atom stereocenters. The Morgan fingerprint density at radius 2 is 2.12 bits per heavy atom. The van der Waals surface area contributed by atoms with Crippen molar-refractivity contribution in [1.29, 1.82) is 0 Å². The van der Waals surface area contributed by atoms with E-state index in [1.165, 1.54) is 0 Å². The Morgan fingerprint density at radius 3 is 2.56 bits per heavy atom. The van der Waals surface area contributed by atoms with Crippen LogP contribution in [0.2, 0.25) is 10.0 Å². The van der Waals surface area contributed by atoms with Crippen LogP contribution in [0.25, 0.3) is 0 Å². The maximum absolute atomic E-state index is 13.2. The van der Waals surface area contributed by atoms with E-state index in [1.807, 2.05) is 0 Å². The van der Waals surface area contributed by atoms with Crippen LogP contribution in [0.1, 0.15) is 11.6 Å². The molecular formula is C8H7Cl2FN2O3. The number of nitrogens with zero attached hydrogens (tertiary/aromatic N) is 1. The lowest BCUT2D eigenvalue weighted by molar-refractivity contribution is -0.384. The highest BCUT2D eigenvalue weighted by Gasteiger charge is 2.27. The number of nitro benzene ring substituents is 1. The van der Waals surface area contributed by atoms with Gasteiger partial charge in [-0.15, -0.1) is 0 Å². The van der Waals surface area contributed by atoms with Crippen molar-refractivity contribution in [2.75, 3.05) is 6.61 Å². The van der Waals surface area contributed by atoms with Gasteiger partial charge in [0, 0.05) is 0 Å². The highest BCUT2D eigenvalue weighted by Crippen LogP contribution is 2.38. The van der Waals surface area contributed by atoms with Crippen molar-refractivity contribution in [3.05, 3.63) is 37.6 Å². The molecule has 0 amide bonds. The lowest BCUT2D eigenvalue weighted by Crippen LogP contribution is -2.16. The lowest BCUT2D eigenvalue weighted by Gasteiger charge is -2.11. The molecule has 0 heterocycles. The Morgan fingerprint density at radius 1 is 1.56 bits per heavy atom. The molecule has 0 aliphatic carbocycles. The molecule has 0 radical (unpaired) electrons. The Hall–Kier alpha value is -0.950. The Labute approximate surface area is 99.7 Å². The van der Waals surface area contributed by atoms with Gasteiger partial charge in [0.15, 0.2) is 5.02 Å². The molecule has 0 spiro atoms. The monoisotopic (exact) mass is 268 g/mol. The Balaban J connectivity index is 3.50. The molecule has 0 aromatic heterocycles. The summed E-state index contributed by atoms with van der Waals surface area (Å²) in [6.45, 7) is -0.516. The highest BCUT2D eigenvalue weighted by atomic mass is 35.5. The molecule has 0 aliphatic heterocycles. The third-order valence-corrected chi connectivity index (χ3v) is 2.70. The van der Waals surface area contributed by atoms with Crippen LogP contribution in [0.4, 0.5) is 10.1 Å². The van der Waals surface area contributed by atoms with Crippen molar-refractivity contribution in [3.8, 4) is 0 Å². The first-order valence-corrected chi connectivity index (χ1v) is 4.84. The third kappa shape index (κ3) is 2.25. The second-order valence-electron chi connectivity index (χ2n) is 2.97. The van der Waals surface area contributed by atoms with Gasteiger partial charge in [-0.3, -0.25) is 10.1 Å². The van der Waals surface area contributed by atoms with Gasteiger partial charge >= 0.3 is 5.69 Å². The molecular weight excluding hydrogens is 262 g/mol. The number of halogens is 3. The van der Waals surface area contributed by atoms with Crippen LogP contribution in [0.5, 0.6) is 0 Å². The van der Waals surface area contributed by atoms with Crippen LogP contribution in [0, 0.1) is 15.9 Å². The van der Waals surface area contributed by atoms with E-state index in [2.05, 4.69) is 0 Å². The van der Waals surface area contributed by atoms with Gasteiger partial charge in [0.25, 0.3) is 0 Å². The summed E-state index contributed by atoms with van der Waals surface area (Å²) in [5.74, 6) is -1.00. The first kappa shape index (κ1) is 13.1. The van der Waals surface area contributed by atoms with E-state index in [-0.39, 0.29) is 10.6 Å². The fourth-order valence-electron chi connectivity index (χ4n) is 1.14. The number of hydrogen-bond acceptors (Lipinski definition) is 4. The van der Waals surface area contributed by atoms with E-state index >= 15 is 0 Å². The molecule has 1 aromatic carbocycles. The number of rotatable bonds is 3. The first-order valence-electron chi connectivity index (χ1n) is 4.08. The molecule has 5 nitrogen and oxygen atoms in total. The Bertz CT molecular complexity index is 442. The molecule has 0 bridgehead atoms. The van der Waals surface area contributed by atoms with E-state index in [9.17, 15) is 14.5 Å². The van der Waals surface area contributed by atoms with Gasteiger partial charge in [-0.2, -0.15) is 0 Å². The maximum atomic E-state index is 13.2. The molecule has 3 N–H and O–H groups in total. The zero-order valence-electron chi connectivity index (χ0n) is 7.78. The van der Waals surface area contributed by atoms with Crippen LogP contribution in [-0.2, 0) is 0 Å². The molecule has 8 heteroatoms. The van der Waals surface area contributed by atoms with Gasteiger partial charge < -0.3 is 10.8 Å². The number of aliphatic hydroxyl groups excluding tert-OH is 1. The highest BCUT2D eigenvalue weighted by molar-refractivity contribution is 6.38. The molecule has 88 valence electrons. The molecule has 16 heavy (non-hydrogen) atoms. The minimum Gasteiger partial charge on any atom is -0.394 e. The topological polar surface area (TPSA) is 89.4 Å². The van der Waals surface area contributed by atoms with E-state index < -0.39 is 34.1 Å². The second kappa shape index (κ2) is 4.92. The summed E-state index contributed by atoms with van der Waals surface area (Å²) < 4.78 is 13.2. The number of nitro groups is 1. The standard InChI is InChI=1S/C8H7Cl2FN2O3/c9-6-3(5(12)2-14)1-4(11)7(10)8(6)13(15)16/h1,5,14H,2,12H2/t5-/m1/s1. The summed E-state index contributed by atoms with van der Waals surface area (Å²) in [6.07, 6.45) is 0. The number of aliphatic hydroxyl groups is 1. The summed E-state index contributed by atoms with van der Waals surface area (Å²) in [4.78, 5) is 9.72. The summed E-state index contributed by atoms with van der Waals surface area (Å²) in [5, 5.41) is 18.4. The lowest BCUT2D eigenvalue weighted by atomic mass is 10.1. The predicted molar refractivity (Wildman–Crippen MR) is 57.1 cm³/mol.